The summed E-state index contributed by atoms with van der Waals surface area (Å²) >= 11 is 9.50. The van der Waals surface area contributed by atoms with E-state index in [0.29, 0.717) is 5.88 Å². The highest BCUT2D eigenvalue weighted by Gasteiger charge is 2.10. The lowest BCUT2D eigenvalue weighted by Crippen LogP contribution is -2.03. The number of halogens is 2. The number of aromatic nitrogens is 2. The van der Waals surface area contributed by atoms with Crippen molar-refractivity contribution in [3.63, 3.8) is 0 Å². The van der Waals surface area contributed by atoms with Crippen LogP contribution in [0.25, 0.3) is 11.0 Å². The molecule has 0 atom stereocenters. The van der Waals surface area contributed by atoms with Crippen molar-refractivity contribution in [1.82, 2.24) is 9.55 Å². The molecular formula is C16H14BrClN2. The fourth-order valence-corrected chi connectivity index (χ4v) is 2.80. The maximum Gasteiger partial charge on any atom is 0.125 e. The summed E-state index contributed by atoms with van der Waals surface area (Å²) in [4.78, 5) is 4.61. The van der Waals surface area contributed by atoms with Gasteiger partial charge in [-0.1, -0.05) is 34.1 Å². The van der Waals surface area contributed by atoms with E-state index in [1.807, 2.05) is 0 Å². The van der Waals surface area contributed by atoms with Gasteiger partial charge in [0.25, 0.3) is 0 Å². The Kier molecular flexibility index (Phi) is 3.81. The zero-order chi connectivity index (χ0) is 14.1. The van der Waals surface area contributed by atoms with Crippen molar-refractivity contribution < 1.29 is 0 Å². The Labute approximate surface area is 131 Å². The lowest BCUT2D eigenvalue weighted by molar-refractivity contribution is 0.778. The van der Waals surface area contributed by atoms with Crippen LogP contribution in [0.4, 0.5) is 0 Å². The number of hydrogen-bond donors (Lipinski definition) is 0. The van der Waals surface area contributed by atoms with E-state index in [9.17, 15) is 0 Å². The normalized spacial score (nSPS) is 11.2. The molecule has 0 N–H and O–H groups in total. The summed E-state index contributed by atoms with van der Waals surface area (Å²) in [6.07, 6.45) is 0. The minimum atomic E-state index is 0.421. The molecule has 0 amide bonds. The number of rotatable bonds is 3. The largest absolute Gasteiger partial charge is 0.322 e. The van der Waals surface area contributed by atoms with Gasteiger partial charge in [-0.2, -0.15) is 0 Å². The lowest BCUT2D eigenvalue weighted by Gasteiger charge is -2.08. The number of nitrogens with zero attached hydrogens (tertiary/aromatic N) is 2. The van der Waals surface area contributed by atoms with Gasteiger partial charge in [-0.3, -0.25) is 0 Å². The molecule has 0 saturated carbocycles. The summed E-state index contributed by atoms with van der Waals surface area (Å²) in [5.41, 5.74) is 4.61. The van der Waals surface area contributed by atoms with E-state index < -0.39 is 0 Å². The van der Waals surface area contributed by atoms with Crippen LogP contribution in [-0.4, -0.2) is 9.55 Å². The van der Waals surface area contributed by atoms with E-state index in [4.69, 9.17) is 11.6 Å². The predicted octanol–water partition coefficient (Wildman–Crippen LogP) is 4.89. The minimum absolute atomic E-state index is 0.421. The topological polar surface area (TPSA) is 17.8 Å². The van der Waals surface area contributed by atoms with Crippen LogP contribution in [0, 0.1) is 6.92 Å². The van der Waals surface area contributed by atoms with Crippen molar-refractivity contribution in [2.24, 2.45) is 0 Å². The quantitative estimate of drug-likeness (QED) is 0.615. The molecule has 0 radical (unpaired) electrons. The maximum absolute atomic E-state index is 6.04. The van der Waals surface area contributed by atoms with Crippen LogP contribution in [0.3, 0.4) is 0 Å². The Morgan fingerprint density at radius 2 is 1.90 bits per heavy atom. The maximum atomic E-state index is 6.04. The molecule has 1 aromatic heterocycles. The van der Waals surface area contributed by atoms with Crippen LogP contribution in [0.5, 0.6) is 0 Å². The van der Waals surface area contributed by atoms with Gasteiger partial charge in [0.15, 0.2) is 0 Å². The molecule has 3 aromatic rings. The molecular weight excluding hydrogens is 336 g/mol. The van der Waals surface area contributed by atoms with Crippen molar-refractivity contribution >= 4 is 38.6 Å². The highest BCUT2D eigenvalue weighted by molar-refractivity contribution is 9.10. The highest BCUT2D eigenvalue weighted by Crippen LogP contribution is 2.21. The molecule has 0 bridgehead atoms. The Bertz CT molecular complexity index is 747. The molecule has 0 fully saturated rings. The first kappa shape index (κ1) is 13.7. The molecule has 0 aliphatic rings. The second-order valence-corrected chi connectivity index (χ2v) is 6.05. The summed E-state index contributed by atoms with van der Waals surface area (Å²) in [5, 5.41) is 0. The molecule has 20 heavy (non-hydrogen) atoms. The molecule has 3 rings (SSSR count). The fourth-order valence-electron chi connectivity index (χ4n) is 2.33. The zero-order valence-electron chi connectivity index (χ0n) is 11.1. The van der Waals surface area contributed by atoms with Crippen LogP contribution in [-0.2, 0) is 12.4 Å². The second kappa shape index (κ2) is 5.58. The molecule has 0 spiro atoms. The Morgan fingerprint density at radius 3 is 2.60 bits per heavy atom. The van der Waals surface area contributed by atoms with Crippen LogP contribution >= 0.6 is 27.5 Å². The molecule has 0 saturated heterocycles. The van der Waals surface area contributed by atoms with Crippen molar-refractivity contribution in [3.8, 4) is 0 Å². The van der Waals surface area contributed by atoms with Gasteiger partial charge in [0, 0.05) is 11.0 Å². The fraction of sp³-hybridized carbons (Fsp3) is 0.188. The van der Waals surface area contributed by atoms with E-state index in [1.54, 1.807) is 0 Å². The van der Waals surface area contributed by atoms with Gasteiger partial charge in [0.2, 0.25) is 0 Å². The third-order valence-electron chi connectivity index (χ3n) is 3.36. The average molecular weight is 350 g/mol. The van der Waals surface area contributed by atoms with E-state index in [0.717, 1.165) is 27.9 Å². The predicted molar refractivity (Wildman–Crippen MR) is 87.3 cm³/mol. The minimum Gasteiger partial charge on any atom is -0.322 e. The summed E-state index contributed by atoms with van der Waals surface area (Å²) in [7, 11) is 0. The van der Waals surface area contributed by atoms with Crippen LogP contribution in [0.2, 0.25) is 0 Å². The van der Waals surface area contributed by atoms with Gasteiger partial charge in [-0.15, -0.1) is 11.6 Å². The van der Waals surface area contributed by atoms with E-state index in [-0.39, 0.29) is 0 Å². The Balaban J connectivity index is 2.08. The van der Waals surface area contributed by atoms with Crippen molar-refractivity contribution in [2.75, 3.05) is 0 Å². The van der Waals surface area contributed by atoms with Crippen LogP contribution in [0.1, 0.15) is 17.0 Å². The SMILES string of the molecule is Cc1ccc2nc(CCl)n(Cc3ccc(Br)cc3)c2c1. The highest BCUT2D eigenvalue weighted by atomic mass is 79.9. The molecule has 0 aliphatic carbocycles. The molecule has 1 heterocycles. The third kappa shape index (κ3) is 2.60. The summed E-state index contributed by atoms with van der Waals surface area (Å²) < 4.78 is 3.28. The van der Waals surface area contributed by atoms with Crippen molar-refractivity contribution in [2.45, 2.75) is 19.3 Å². The molecule has 102 valence electrons. The average Bonchev–Trinajstić information content (AvgIpc) is 2.79. The van der Waals surface area contributed by atoms with E-state index in [1.165, 1.54) is 11.1 Å². The third-order valence-corrected chi connectivity index (χ3v) is 4.12. The summed E-state index contributed by atoms with van der Waals surface area (Å²) in [6.45, 7) is 2.88. The number of hydrogen-bond acceptors (Lipinski definition) is 1. The first-order valence-corrected chi connectivity index (χ1v) is 7.76. The van der Waals surface area contributed by atoms with Crippen molar-refractivity contribution in [1.29, 1.82) is 0 Å². The van der Waals surface area contributed by atoms with Gasteiger partial charge in [0.05, 0.1) is 16.9 Å². The van der Waals surface area contributed by atoms with Crippen LogP contribution < -0.4 is 0 Å². The van der Waals surface area contributed by atoms with Gasteiger partial charge in [-0.05, 0) is 42.3 Å². The summed E-state index contributed by atoms with van der Waals surface area (Å²) in [5.74, 6) is 1.33. The summed E-state index contributed by atoms with van der Waals surface area (Å²) in [6, 6.07) is 14.6. The first-order chi connectivity index (χ1) is 9.67. The smallest absolute Gasteiger partial charge is 0.125 e. The first-order valence-electron chi connectivity index (χ1n) is 6.43. The van der Waals surface area contributed by atoms with Gasteiger partial charge < -0.3 is 4.57 Å². The number of imidazole rings is 1. The second-order valence-electron chi connectivity index (χ2n) is 4.87. The van der Waals surface area contributed by atoms with Crippen molar-refractivity contribution in [3.05, 3.63) is 63.9 Å². The van der Waals surface area contributed by atoms with Gasteiger partial charge in [0.1, 0.15) is 5.82 Å². The van der Waals surface area contributed by atoms with E-state index >= 15 is 0 Å². The molecule has 0 unspecified atom stereocenters. The molecule has 4 heteroatoms. The Hall–Kier alpha value is -1.32. The number of alkyl halides is 1. The van der Waals surface area contributed by atoms with Gasteiger partial charge >= 0.3 is 0 Å². The zero-order valence-corrected chi connectivity index (χ0v) is 13.4. The number of aryl methyl sites for hydroxylation is 1. The van der Waals surface area contributed by atoms with Gasteiger partial charge in [-0.25, -0.2) is 4.98 Å². The molecule has 2 nitrogen and oxygen atoms in total. The number of fused-ring (bicyclic) bond motifs is 1. The monoisotopic (exact) mass is 348 g/mol. The van der Waals surface area contributed by atoms with Crippen LogP contribution in [0.15, 0.2) is 46.9 Å². The Morgan fingerprint density at radius 1 is 1.15 bits per heavy atom. The van der Waals surface area contributed by atoms with E-state index in [2.05, 4.69) is 74.9 Å². The number of benzene rings is 2. The molecule has 2 aromatic carbocycles. The lowest BCUT2D eigenvalue weighted by atomic mass is 10.2. The molecule has 0 aliphatic heterocycles. The standard InChI is InChI=1S/C16H14BrClN2/c1-11-2-7-14-15(8-11)20(16(9-18)19-14)10-12-3-5-13(17)6-4-12/h2-8H,9-10H2,1H3.